The fourth-order valence-electron chi connectivity index (χ4n) is 3.56. The van der Waals surface area contributed by atoms with Gasteiger partial charge in [0, 0.05) is 26.7 Å². The molecule has 1 aliphatic heterocycles. The molecule has 1 amide bonds. The van der Waals surface area contributed by atoms with E-state index in [-0.39, 0.29) is 30.7 Å². The van der Waals surface area contributed by atoms with Gasteiger partial charge in [-0.3, -0.25) is 9.69 Å². The van der Waals surface area contributed by atoms with Gasteiger partial charge in [0.15, 0.2) is 0 Å². The maximum atomic E-state index is 12.6. The molecular weight excluding hydrogens is 381 g/mol. The number of benzene rings is 2. The van der Waals surface area contributed by atoms with E-state index >= 15 is 0 Å². The monoisotopic (exact) mass is 409 g/mol. The first kappa shape index (κ1) is 23.4. The lowest BCUT2D eigenvalue weighted by atomic mass is 10.0. The first-order chi connectivity index (χ1) is 12.1. The lowest BCUT2D eigenvalue weighted by Gasteiger charge is -2.25. The van der Waals surface area contributed by atoms with Gasteiger partial charge >= 0.3 is 0 Å². The highest BCUT2D eigenvalue weighted by molar-refractivity contribution is 5.85. The summed E-state index contributed by atoms with van der Waals surface area (Å²) in [6.45, 7) is 3.88. The Kier molecular flexibility index (Phi) is 9.81. The van der Waals surface area contributed by atoms with Crippen LogP contribution in [0, 0.1) is 5.92 Å². The number of halogens is 2. The van der Waals surface area contributed by atoms with Gasteiger partial charge in [0.2, 0.25) is 5.91 Å². The minimum absolute atomic E-state index is 0. The third-order valence-corrected chi connectivity index (χ3v) is 4.95. The molecule has 27 heavy (non-hydrogen) atoms. The maximum Gasteiger partial charge on any atom is 0.243 e. The highest BCUT2D eigenvalue weighted by Crippen LogP contribution is 2.21. The fraction of sp³-hybridized carbons (Fsp3) is 0.381. The largest absolute Gasteiger partial charge is 0.344 e. The van der Waals surface area contributed by atoms with Crippen molar-refractivity contribution in [3.63, 3.8) is 0 Å². The molecule has 0 spiro atoms. The highest BCUT2D eigenvalue weighted by atomic mass is 35.5. The third kappa shape index (κ3) is 6.51. The number of nitrogens with zero attached hydrogens (tertiary/aromatic N) is 2. The number of likely N-dealkylation sites (N-methyl/N-ethyl adjacent to an activating group) is 1. The highest BCUT2D eigenvalue weighted by Gasteiger charge is 2.27. The summed E-state index contributed by atoms with van der Waals surface area (Å²) in [5.41, 5.74) is 8.36. The third-order valence-electron chi connectivity index (χ3n) is 4.95. The van der Waals surface area contributed by atoms with Crippen LogP contribution in [0.25, 0.3) is 0 Å². The van der Waals surface area contributed by atoms with Gasteiger partial charge in [-0.2, -0.15) is 0 Å². The van der Waals surface area contributed by atoms with Crippen molar-refractivity contribution in [3.05, 3.63) is 71.8 Å². The quantitative estimate of drug-likeness (QED) is 0.793. The minimum Gasteiger partial charge on any atom is -0.344 e. The summed E-state index contributed by atoms with van der Waals surface area (Å²) in [7, 11) is 1.87. The van der Waals surface area contributed by atoms with Crippen molar-refractivity contribution in [3.8, 4) is 0 Å². The summed E-state index contributed by atoms with van der Waals surface area (Å²) < 4.78 is 0. The molecule has 2 N–H and O–H groups in total. The SMILES string of the molecule is CN(CC1CCN(Cc2ccccc2)C1)C(=O)C(N)c1ccccc1.Cl.Cl. The standard InChI is InChI=1S/C21H27N3O.2ClH/c1-23(21(25)20(22)19-10-6-3-7-11-19)14-18-12-13-24(16-18)15-17-8-4-2-5-9-17;;/h2-11,18,20H,12-16,22H2,1H3;2*1H. The van der Waals surface area contributed by atoms with Crippen LogP contribution in [0.5, 0.6) is 0 Å². The Morgan fingerprint density at radius 3 is 2.33 bits per heavy atom. The van der Waals surface area contributed by atoms with Gasteiger partial charge in [-0.25, -0.2) is 0 Å². The molecule has 2 aromatic rings. The molecule has 148 valence electrons. The molecule has 0 bridgehead atoms. The first-order valence-electron chi connectivity index (χ1n) is 8.95. The lowest BCUT2D eigenvalue weighted by molar-refractivity contribution is -0.131. The molecule has 0 aliphatic carbocycles. The van der Waals surface area contributed by atoms with Crippen molar-refractivity contribution in [2.45, 2.75) is 19.0 Å². The smallest absolute Gasteiger partial charge is 0.243 e. The van der Waals surface area contributed by atoms with Crippen LogP contribution in [0.1, 0.15) is 23.6 Å². The van der Waals surface area contributed by atoms with Crippen LogP contribution in [-0.2, 0) is 11.3 Å². The average molecular weight is 410 g/mol. The fourth-order valence-corrected chi connectivity index (χ4v) is 3.56. The summed E-state index contributed by atoms with van der Waals surface area (Å²) in [6.07, 6.45) is 1.13. The van der Waals surface area contributed by atoms with Gasteiger partial charge in [-0.05, 0) is 30.0 Å². The van der Waals surface area contributed by atoms with Crippen molar-refractivity contribution in [1.82, 2.24) is 9.80 Å². The van der Waals surface area contributed by atoms with Gasteiger partial charge in [0.1, 0.15) is 6.04 Å². The Balaban J connectivity index is 0.00000182. The summed E-state index contributed by atoms with van der Waals surface area (Å²) >= 11 is 0. The lowest BCUT2D eigenvalue weighted by Crippen LogP contribution is -2.39. The van der Waals surface area contributed by atoms with E-state index in [1.54, 1.807) is 4.90 Å². The number of likely N-dealkylation sites (tertiary alicyclic amines) is 1. The maximum absolute atomic E-state index is 12.6. The Bertz CT molecular complexity index is 684. The Labute approximate surface area is 174 Å². The predicted octanol–water partition coefficient (Wildman–Crippen LogP) is 3.51. The van der Waals surface area contributed by atoms with Crippen LogP contribution >= 0.6 is 24.8 Å². The number of hydrogen-bond acceptors (Lipinski definition) is 3. The van der Waals surface area contributed by atoms with Crippen LogP contribution in [0.3, 0.4) is 0 Å². The molecule has 2 aromatic carbocycles. The van der Waals surface area contributed by atoms with Crippen molar-refractivity contribution in [2.75, 3.05) is 26.7 Å². The zero-order valence-electron chi connectivity index (χ0n) is 15.7. The van der Waals surface area contributed by atoms with Gasteiger partial charge in [-0.1, -0.05) is 60.7 Å². The second-order valence-electron chi connectivity index (χ2n) is 6.98. The number of hydrogen-bond donors (Lipinski definition) is 1. The summed E-state index contributed by atoms with van der Waals surface area (Å²) in [4.78, 5) is 16.9. The van der Waals surface area contributed by atoms with Crippen LogP contribution < -0.4 is 5.73 Å². The van der Waals surface area contributed by atoms with E-state index in [1.807, 2.05) is 43.4 Å². The molecule has 1 aliphatic rings. The molecule has 6 heteroatoms. The van der Waals surface area contributed by atoms with E-state index in [1.165, 1.54) is 5.56 Å². The van der Waals surface area contributed by atoms with Crippen molar-refractivity contribution < 1.29 is 4.79 Å². The Morgan fingerprint density at radius 1 is 1.11 bits per heavy atom. The number of rotatable bonds is 6. The molecule has 1 fully saturated rings. The zero-order valence-corrected chi connectivity index (χ0v) is 17.3. The van der Waals surface area contributed by atoms with Crippen LogP contribution in [0.2, 0.25) is 0 Å². The Morgan fingerprint density at radius 2 is 1.70 bits per heavy atom. The van der Waals surface area contributed by atoms with Gasteiger partial charge in [0.05, 0.1) is 0 Å². The Hall–Kier alpha value is -1.59. The summed E-state index contributed by atoms with van der Waals surface area (Å²) in [5, 5.41) is 0. The van der Waals surface area contributed by atoms with Crippen LogP contribution in [-0.4, -0.2) is 42.4 Å². The van der Waals surface area contributed by atoms with E-state index < -0.39 is 6.04 Å². The normalized spacial score (nSPS) is 17.5. The topological polar surface area (TPSA) is 49.6 Å². The van der Waals surface area contributed by atoms with Crippen molar-refractivity contribution >= 4 is 30.7 Å². The number of amides is 1. The average Bonchev–Trinajstić information content (AvgIpc) is 3.08. The van der Waals surface area contributed by atoms with Gasteiger partial charge in [0.25, 0.3) is 0 Å². The van der Waals surface area contributed by atoms with Gasteiger partial charge < -0.3 is 10.6 Å². The molecular formula is C21H29Cl2N3O. The van der Waals surface area contributed by atoms with E-state index in [2.05, 4.69) is 29.2 Å². The summed E-state index contributed by atoms with van der Waals surface area (Å²) in [6, 6.07) is 19.6. The first-order valence-corrected chi connectivity index (χ1v) is 8.95. The molecule has 0 radical (unpaired) electrons. The van der Waals surface area contributed by atoms with E-state index in [0.29, 0.717) is 5.92 Å². The van der Waals surface area contributed by atoms with E-state index in [9.17, 15) is 4.79 Å². The second-order valence-corrected chi connectivity index (χ2v) is 6.98. The molecule has 2 atom stereocenters. The van der Waals surface area contributed by atoms with Crippen molar-refractivity contribution in [1.29, 1.82) is 0 Å². The van der Waals surface area contributed by atoms with Crippen LogP contribution in [0.15, 0.2) is 60.7 Å². The second kappa shape index (κ2) is 11.3. The molecule has 2 unspecified atom stereocenters. The molecule has 0 saturated carbocycles. The van der Waals surface area contributed by atoms with E-state index in [0.717, 1.165) is 38.2 Å². The van der Waals surface area contributed by atoms with Crippen LogP contribution in [0.4, 0.5) is 0 Å². The molecule has 3 rings (SSSR count). The molecule has 1 heterocycles. The minimum atomic E-state index is -0.576. The van der Waals surface area contributed by atoms with Gasteiger partial charge in [-0.15, -0.1) is 24.8 Å². The van der Waals surface area contributed by atoms with E-state index in [4.69, 9.17) is 5.73 Å². The molecule has 1 saturated heterocycles. The molecule has 0 aromatic heterocycles. The zero-order chi connectivity index (χ0) is 17.6. The predicted molar refractivity (Wildman–Crippen MR) is 115 cm³/mol. The number of nitrogens with two attached hydrogens (primary N) is 1. The van der Waals surface area contributed by atoms with Crippen molar-refractivity contribution in [2.24, 2.45) is 11.7 Å². The molecule has 4 nitrogen and oxygen atoms in total. The number of carbonyl (C=O) groups excluding carboxylic acids is 1. The number of carbonyl (C=O) groups is 1. The summed E-state index contributed by atoms with van der Waals surface area (Å²) in [5.74, 6) is 0.508.